The molecule has 0 aliphatic rings. The number of allylic oxidation sites excluding steroid dienone is 15. The second-order valence-corrected chi connectivity index (χ2v) is 27.2. The zero-order valence-electron chi connectivity index (χ0n) is 57.7. The van der Waals surface area contributed by atoms with Crippen LogP contribution in [0.4, 0.5) is 0 Å². The summed E-state index contributed by atoms with van der Waals surface area (Å²) < 4.78 is 30.8. The maximum atomic E-state index is 13.6. The largest absolute Gasteiger partial charge is 0.472 e. The Morgan fingerprint density at radius 1 is 0.402 bits per heavy atom. The lowest BCUT2D eigenvalue weighted by molar-refractivity contribution is -0.870. The Morgan fingerprint density at radius 2 is 0.701 bits per heavy atom. The number of esters is 1. The van der Waals surface area contributed by atoms with Crippen molar-refractivity contribution in [2.24, 2.45) is 0 Å². The van der Waals surface area contributed by atoms with Gasteiger partial charge in [0, 0.05) is 12.8 Å². The topological polar surface area (TPSA) is 111 Å². The molecule has 10 heteroatoms. The van der Waals surface area contributed by atoms with E-state index in [4.69, 9.17) is 13.8 Å². The molecule has 504 valence electrons. The lowest BCUT2D eigenvalue weighted by Crippen LogP contribution is -2.47. The maximum Gasteiger partial charge on any atom is 0.472 e. The smallest absolute Gasteiger partial charge is 0.456 e. The number of unbranched alkanes of at least 4 members (excludes halogenated alkanes) is 36. The molecule has 0 aliphatic carbocycles. The van der Waals surface area contributed by atoms with E-state index >= 15 is 0 Å². The van der Waals surface area contributed by atoms with Crippen molar-refractivity contribution >= 4 is 19.7 Å². The van der Waals surface area contributed by atoms with E-state index in [0.717, 1.165) is 89.9 Å². The Morgan fingerprint density at radius 3 is 1.07 bits per heavy atom. The maximum absolute atomic E-state index is 13.6. The predicted octanol–water partition coefficient (Wildman–Crippen LogP) is 23.5. The molecule has 3 unspecified atom stereocenters. The molecule has 3 atom stereocenters. The van der Waals surface area contributed by atoms with E-state index < -0.39 is 20.0 Å². The summed E-state index contributed by atoms with van der Waals surface area (Å²) in [6.45, 7) is 6.97. The first-order valence-corrected chi connectivity index (χ1v) is 38.1. The fourth-order valence-corrected chi connectivity index (χ4v) is 11.1. The number of rotatable bonds is 66. The molecule has 0 rings (SSSR count). The van der Waals surface area contributed by atoms with Gasteiger partial charge in [-0.3, -0.25) is 18.6 Å². The number of carbonyl (C=O) groups excluding carboxylic acids is 2. The molecular formula is C77H140N2O7P+. The Balaban J connectivity index is 5.01. The van der Waals surface area contributed by atoms with Crippen LogP contribution in [0.15, 0.2) is 97.2 Å². The minimum absolute atomic E-state index is 0.0357. The quantitative estimate of drug-likeness (QED) is 0.0205. The van der Waals surface area contributed by atoms with Crippen LogP contribution in [0, 0.1) is 0 Å². The molecule has 2 N–H and O–H groups in total. The molecule has 0 radical (unpaired) electrons. The van der Waals surface area contributed by atoms with Crippen molar-refractivity contribution in [3.05, 3.63) is 97.2 Å². The van der Waals surface area contributed by atoms with Crippen LogP contribution in [0.25, 0.3) is 0 Å². The normalized spacial score (nSPS) is 14.1. The van der Waals surface area contributed by atoms with Gasteiger partial charge in [0.25, 0.3) is 0 Å². The monoisotopic (exact) mass is 1240 g/mol. The first kappa shape index (κ1) is 83.9. The van der Waals surface area contributed by atoms with Crippen LogP contribution < -0.4 is 5.32 Å². The van der Waals surface area contributed by atoms with Gasteiger partial charge in [0.1, 0.15) is 19.3 Å². The summed E-state index contributed by atoms with van der Waals surface area (Å²) in [6.07, 6.45) is 89.9. The van der Waals surface area contributed by atoms with Crippen LogP contribution in [0.1, 0.15) is 329 Å². The van der Waals surface area contributed by atoms with Gasteiger partial charge in [-0.15, -0.1) is 0 Å². The fraction of sp³-hybridized carbons (Fsp3) is 0.766. The lowest BCUT2D eigenvalue weighted by Gasteiger charge is -2.27. The molecule has 0 spiro atoms. The number of phosphoric acid groups is 1. The van der Waals surface area contributed by atoms with E-state index in [1.165, 1.54) is 205 Å². The van der Waals surface area contributed by atoms with Gasteiger partial charge in [0.05, 0.1) is 33.8 Å². The molecule has 0 aromatic carbocycles. The van der Waals surface area contributed by atoms with Crippen molar-refractivity contribution in [2.45, 2.75) is 341 Å². The molecule has 0 saturated carbocycles. The van der Waals surface area contributed by atoms with Gasteiger partial charge in [0.2, 0.25) is 5.91 Å². The van der Waals surface area contributed by atoms with Gasteiger partial charge in [-0.05, 0) is 115 Å². The summed E-state index contributed by atoms with van der Waals surface area (Å²) in [5.41, 5.74) is 0. The number of phosphoric ester groups is 1. The first-order valence-electron chi connectivity index (χ1n) is 36.6. The molecule has 0 saturated heterocycles. The van der Waals surface area contributed by atoms with Crippen molar-refractivity contribution in [1.29, 1.82) is 0 Å². The zero-order chi connectivity index (χ0) is 63.5. The van der Waals surface area contributed by atoms with Crippen molar-refractivity contribution in [3.63, 3.8) is 0 Å². The molecule has 1 amide bonds. The van der Waals surface area contributed by atoms with E-state index in [1.807, 2.05) is 33.3 Å². The molecule has 0 aromatic rings. The van der Waals surface area contributed by atoms with Gasteiger partial charge in [-0.25, -0.2) is 4.57 Å². The average Bonchev–Trinajstić information content (AvgIpc) is 3.70. The van der Waals surface area contributed by atoms with Gasteiger partial charge in [0.15, 0.2) is 0 Å². The molecular weight excluding hydrogens is 1100 g/mol. The Bertz CT molecular complexity index is 1810. The highest BCUT2D eigenvalue weighted by molar-refractivity contribution is 7.47. The van der Waals surface area contributed by atoms with Crippen molar-refractivity contribution in [1.82, 2.24) is 5.32 Å². The first-order chi connectivity index (χ1) is 42.4. The number of hydrogen-bond acceptors (Lipinski definition) is 6. The summed E-state index contributed by atoms with van der Waals surface area (Å²) in [5.74, 6) is -0.509. The Hall–Kier alpha value is -3.07. The van der Waals surface area contributed by atoms with Gasteiger partial charge < -0.3 is 19.4 Å². The number of ether oxygens (including phenoxy) is 1. The molecule has 0 aromatic heterocycles. The standard InChI is InChI=1S/C77H139N2O7P/c1-7-10-13-16-19-22-25-27-29-31-33-35-37-38-39-40-42-43-45-47-49-51-54-57-60-63-66-69-76(80)78-74(73-85-87(82,83)84-72-71-79(4,5)6)75(68-65-62-59-56-53-24-21-18-15-12-9-3)86-77(81)70-67-64-61-58-55-52-50-48-46-44-41-36-34-32-30-28-26-23-20-17-14-11-8-2/h19-20,22-23,27-30,33-36,38-39,65,68,74-75H,7-18,21,24-26,31-32,37,40-64,66-67,69-73H2,1-6H3,(H-,78,80,82,83)/p+1/b22-19-,23-20-,29-27-,30-28-,35-33-,36-34-,39-38-,68-65-. The van der Waals surface area contributed by atoms with Crippen LogP contribution in [0.3, 0.4) is 0 Å². The van der Waals surface area contributed by atoms with Crippen molar-refractivity contribution < 1.29 is 37.3 Å². The molecule has 87 heavy (non-hydrogen) atoms. The number of quaternary nitrogens is 1. The average molecular weight is 1240 g/mol. The van der Waals surface area contributed by atoms with Crippen LogP contribution in [-0.4, -0.2) is 74.3 Å². The number of hydrogen-bond donors (Lipinski definition) is 2. The number of carbonyl (C=O) groups is 2. The van der Waals surface area contributed by atoms with E-state index in [1.54, 1.807) is 0 Å². The van der Waals surface area contributed by atoms with Crippen LogP contribution in [0.2, 0.25) is 0 Å². The number of nitrogens with zero attached hydrogens (tertiary/aromatic N) is 1. The van der Waals surface area contributed by atoms with Gasteiger partial charge in [-0.1, -0.05) is 298 Å². The number of likely N-dealkylation sites (N-methyl/N-ethyl adjacent to an activating group) is 1. The summed E-state index contributed by atoms with van der Waals surface area (Å²) in [6, 6.07) is -0.857. The van der Waals surface area contributed by atoms with Crippen LogP contribution in [-0.2, 0) is 27.9 Å². The second-order valence-electron chi connectivity index (χ2n) is 25.8. The highest BCUT2D eigenvalue weighted by Crippen LogP contribution is 2.43. The SMILES string of the molecule is CCCCC/C=C\C/C=C\C/C=C\C/C=C\CCCCCCCCCCCCCC(=O)NC(COP(=O)(O)OCC[N+](C)(C)C)C(/C=C\CCCCCCCCCCC)OC(=O)CCCCCCCCCCCC/C=C\C/C=C\C/C=C\CCCCC. The lowest BCUT2D eigenvalue weighted by atomic mass is 10.0. The highest BCUT2D eigenvalue weighted by atomic mass is 31.2. The highest BCUT2D eigenvalue weighted by Gasteiger charge is 2.30. The third-order valence-electron chi connectivity index (χ3n) is 16.0. The Labute approximate surface area is 538 Å². The summed E-state index contributed by atoms with van der Waals surface area (Å²) in [5, 5.41) is 3.07. The van der Waals surface area contributed by atoms with Crippen LogP contribution >= 0.6 is 7.82 Å². The van der Waals surface area contributed by atoms with E-state index in [2.05, 4.69) is 111 Å². The molecule has 0 aliphatic heterocycles. The molecule has 0 bridgehead atoms. The minimum Gasteiger partial charge on any atom is -0.456 e. The number of amides is 1. The van der Waals surface area contributed by atoms with E-state index in [0.29, 0.717) is 17.4 Å². The fourth-order valence-electron chi connectivity index (χ4n) is 10.3. The van der Waals surface area contributed by atoms with Crippen molar-refractivity contribution in [3.8, 4) is 0 Å². The number of nitrogens with one attached hydrogen (secondary N) is 1. The predicted molar refractivity (Wildman–Crippen MR) is 378 cm³/mol. The minimum atomic E-state index is -4.46. The molecule has 0 heterocycles. The summed E-state index contributed by atoms with van der Waals surface area (Å²) in [7, 11) is 1.49. The van der Waals surface area contributed by atoms with Crippen LogP contribution in [0.5, 0.6) is 0 Å². The molecule has 0 fully saturated rings. The Kier molecular flexibility index (Phi) is 63.5. The summed E-state index contributed by atoms with van der Waals surface area (Å²) >= 11 is 0. The zero-order valence-corrected chi connectivity index (χ0v) is 58.6. The second kappa shape index (κ2) is 65.9. The van der Waals surface area contributed by atoms with Gasteiger partial charge >= 0.3 is 13.8 Å². The van der Waals surface area contributed by atoms with E-state index in [9.17, 15) is 19.0 Å². The third kappa shape index (κ3) is 67.2. The third-order valence-corrected chi connectivity index (χ3v) is 17.0. The molecule has 9 nitrogen and oxygen atoms in total. The van der Waals surface area contributed by atoms with E-state index in [-0.39, 0.29) is 31.5 Å². The summed E-state index contributed by atoms with van der Waals surface area (Å²) in [4.78, 5) is 37.9. The van der Waals surface area contributed by atoms with Gasteiger partial charge in [-0.2, -0.15) is 0 Å². The van der Waals surface area contributed by atoms with Crippen molar-refractivity contribution in [2.75, 3.05) is 40.9 Å².